The van der Waals surface area contributed by atoms with Crippen LogP contribution >= 0.6 is 0 Å². The van der Waals surface area contributed by atoms with Crippen molar-refractivity contribution in [3.05, 3.63) is 151 Å². The molecule has 2 fully saturated rings. The average Bonchev–Trinajstić information content (AvgIpc) is 3.87. The highest BCUT2D eigenvalue weighted by Crippen LogP contribution is 2.35. The van der Waals surface area contributed by atoms with Crippen LogP contribution in [0.3, 0.4) is 0 Å². The third-order valence-corrected chi connectivity index (χ3v) is 11.2. The molecule has 9 rings (SSSR count). The molecule has 0 spiro atoms. The number of pyridine rings is 2. The van der Waals surface area contributed by atoms with Crippen LogP contribution in [-0.4, -0.2) is 53.9 Å². The van der Waals surface area contributed by atoms with Gasteiger partial charge in [-0.05, 0) is 107 Å². The first-order valence-corrected chi connectivity index (χ1v) is 19.6. The topological polar surface area (TPSA) is 122 Å². The summed E-state index contributed by atoms with van der Waals surface area (Å²) in [4.78, 5) is 61.1. The second-order valence-electron chi connectivity index (χ2n) is 15.0. The number of aryl methyl sites for hydroxylation is 2. The fourth-order valence-corrected chi connectivity index (χ4v) is 7.99. The number of carbonyl (C=O) groups is 4. The molecule has 2 saturated heterocycles. The van der Waals surface area contributed by atoms with E-state index >= 15 is 0 Å². The Labute approximate surface area is 342 Å². The lowest BCUT2D eigenvalue weighted by molar-refractivity contribution is -0.145. The van der Waals surface area contributed by atoms with Crippen molar-refractivity contribution in [1.82, 2.24) is 9.97 Å². The molecule has 59 heavy (non-hydrogen) atoms. The molecule has 1 N–H and O–H groups in total. The molecule has 4 heterocycles. The molecule has 2 unspecified atom stereocenters. The van der Waals surface area contributed by atoms with Crippen LogP contribution in [0.1, 0.15) is 24.0 Å². The van der Waals surface area contributed by atoms with Crippen molar-refractivity contribution in [3.63, 3.8) is 0 Å². The van der Waals surface area contributed by atoms with Crippen LogP contribution in [0.5, 0.6) is 0 Å². The number of nitrogens with one attached hydrogen (secondary N) is 1. The van der Waals surface area contributed by atoms with E-state index in [9.17, 15) is 19.2 Å². The van der Waals surface area contributed by atoms with Gasteiger partial charge in [-0.15, -0.1) is 0 Å². The molecule has 5 aromatic carbocycles. The van der Waals surface area contributed by atoms with E-state index in [0.29, 0.717) is 13.1 Å². The van der Waals surface area contributed by atoms with Gasteiger partial charge in [0.25, 0.3) is 0 Å². The molecular formula is C49H43N5O5. The zero-order valence-electron chi connectivity index (χ0n) is 33.1. The van der Waals surface area contributed by atoms with Crippen LogP contribution in [0.2, 0.25) is 0 Å². The number of anilines is 3. The lowest BCUT2D eigenvalue weighted by atomic mass is 9.96. The monoisotopic (exact) mass is 781 g/mol. The summed E-state index contributed by atoms with van der Waals surface area (Å²) in [6.45, 7) is 4.91. The van der Waals surface area contributed by atoms with Gasteiger partial charge in [0.1, 0.15) is 0 Å². The number of aromatic nitrogens is 2. The molecule has 0 aliphatic carbocycles. The SMILES string of the molecule is COC(=O)C1CC(=O)N(c2ccc(-c3ccc(C)c4cnccc34)cc2)C1.Cc1ccc(-c2ccc(N3CC(C(=O)Nc4ccccc4)CC3=O)cc2)c2ccncc12. The first kappa shape index (κ1) is 38.7. The van der Waals surface area contributed by atoms with E-state index < -0.39 is 5.92 Å². The third-order valence-electron chi connectivity index (χ3n) is 11.2. The largest absolute Gasteiger partial charge is 0.469 e. The summed E-state index contributed by atoms with van der Waals surface area (Å²) in [5, 5.41) is 7.48. The summed E-state index contributed by atoms with van der Waals surface area (Å²) in [6, 6.07) is 37.7. The summed E-state index contributed by atoms with van der Waals surface area (Å²) < 4.78 is 4.77. The first-order valence-electron chi connectivity index (χ1n) is 19.6. The number of ether oxygens (including phenoxy) is 1. The molecular weight excluding hydrogens is 739 g/mol. The van der Waals surface area contributed by atoms with Gasteiger partial charge in [0.15, 0.2) is 0 Å². The van der Waals surface area contributed by atoms with E-state index in [0.717, 1.165) is 60.9 Å². The minimum atomic E-state index is -0.393. The van der Waals surface area contributed by atoms with Crippen LogP contribution in [0.25, 0.3) is 43.8 Å². The second-order valence-corrected chi connectivity index (χ2v) is 15.0. The zero-order chi connectivity index (χ0) is 41.0. The van der Waals surface area contributed by atoms with E-state index in [2.05, 4.69) is 53.4 Å². The van der Waals surface area contributed by atoms with Gasteiger partial charge in [-0.3, -0.25) is 29.1 Å². The van der Waals surface area contributed by atoms with E-state index in [4.69, 9.17) is 4.74 Å². The number of amides is 3. The lowest BCUT2D eigenvalue weighted by Gasteiger charge is -2.17. The quantitative estimate of drug-likeness (QED) is 0.160. The van der Waals surface area contributed by atoms with Crippen molar-refractivity contribution >= 4 is 62.3 Å². The number of hydrogen-bond donors (Lipinski definition) is 1. The van der Waals surface area contributed by atoms with Gasteiger partial charge in [-0.25, -0.2) is 0 Å². The summed E-state index contributed by atoms with van der Waals surface area (Å²) in [5.41, 5.74) is 9.15. The average molecular weight is 782 g/mol. The Morgan fingerprint density at radius 1 is 0.593 bits per heavy atom. The molecule has 10 nitrogen and oxygen atoms in total. The van der Waals surface area contributed by atoms with Gasteiger partial charge in [-0.1, -0.05) is 66.7 Å². The Morgan fingerprint density at radius 3 is 1.56 bits per heavy atom. The molecule has 2 aromatic heterocycles. The first-order chi connectivity index (χ1) is 28.7. The van der Waals surface area contributed by atoms with Crippen molar-refractivity contribution in [1.29, 1.82) is 0 Å². The second kappa shape index (κ2) is 16.7. The minimum Gasteiger partial charge on any atom is -0.469 e. The van der Waals surface area contributed by atoms with Crippen molar-refractivity contribution in [2.45, 2.75) is 26.7 Å². The maximum atomic E-state index is 12.6. The predicted molar refractivity (Wildman–Crippen MR) is 232 cm³/mol. The van der Waals surface area contributed by atoms with Crippen molar-refractivity contribution < 1.29 is 23.9 Å². The highest BCUT2D eigenvalue weighted by molar-refractivity contribution is 6.04. The Balaban J connectivity index is 0.000000167. The predicted octanol–water partition coefficient (Wildman–Crippen LogP) is 8.94. The summed E-state index contributed by atoms with van der Waals surface area (Å²) in [7, 11) is 1.35. The lowest BCUT2D eigenvalue weighted by Crippen LogP contribution is -2.28. The number of methoxy groups -OCH3 is 1. The highest BCUT2D eigenvalue weighted by atomic mass is 16.5. The van der Waals surface area contributed by atoms with Gasteiger partial charge >= 0.3 is 5.97 Å². The molecule has 0 saturated carbocycles. The highest BCUT2D eigenvalue weighted by Gasteiger charge is 2.36. The van der Waals surface area contributed by atoms with Gasteiger partial charge in [0, 0.05) is 78.6 Å². The summed E-state index contributed by atoms with van der Waals surface area (Å²) in [5.74, 6) is -1.29. The van der Waals surface area contributed by atoms with Crippen LogP contribution in [0.15, 0.2) is 140 Å². The summed E-state index contributed by atoms with van der Waals surface area (Å²) >= 11 is 0. The number of carbonyl (C=O) groups excluding carboxylic acids is 4. The number of para-hydroxylation sites is 1. The normalized spacial score (nSPS) is 16.3. The van der Waals surface area contributed by atoms with Gasteiger partial charge in [-0.2, -0.15) is 0 Å². The molecule has 7 aromatic rings. The zero-order valence-corrected chi connectivity index (χ0v) is 33.1. The number of esters is 1. The maximum Gasteiger partial charge on any atom is 0.311 e. The number of fused-ring (bicyclic) bond motifs is 2. The number of rotatable bonds is 7. The molecule has 2 aliphatic heterocycles. The van der Waals surface area contributed by atoms with Crippen LogP contribution in [0.4, 0.5) is 17.1 Å². The van der Waals surface area contributed by atoms with Crippen molar-refractivity contribution in [2.75, 3.05) is 35.3 Å². The maximum absolute atomic E-state index is 12.6. The number of benzene rings is 5. The molecule has 10 heteroatoms. The molecule has 0 radical (unpaired) electrons. The van der Waals surface area contributed by atoms with Crippen LogP contribution < -0.4 is 15.1 Å². The Bertz CT molecular complexity index is 2700. The Hall–Kier alpha value is -7.20. The minimum absolute atomic E-state index is 0.0298. The van der Waals surface area contributed by atoms with E-state index in [-0.39, 0.29) is 42.5 Å². The van der Waals surface area contributed by atoms with E-state index in [1.54, 1.807) is 16.0 Å². The third kappa shape index (κ3) is 8.02. The smallest absolute Gasteiger partial charge is 0.311 e. The molecule has 2 aliphatic rings. The van der Waals surface area contributed by atoms with Crippen molar-refractivity contribution in [2.24, 2.45) is 11.8 Å². The van der Waals surface area contributed by atoms with Crippen LogP contribution in [-0.2, 0) is 23.9 Å². The molecule has 3 amide bonds. The molecule has 2 atom stereocenters. The van der Waals surface area contributed by atoms with Crippen LogP contribution in [0, 0.1) is 25.7 Å². The Kier molecular flexibility index (Phi) is 11.0. The van der Waals surface area contributed by atoms with Crippen molar-refractivity contribution in [3.8, 4) is 22.3 Å². The standard InChI is InChI=1S/C27H23N3O2.C22H20N2O3/c1-18-7-12-23(24-13-14-28-16-25(18)24)19-8-10-22(11-9-19)30-17-20(15-26(30)31)27(32)29-21-5-3-2-4-6-21;1-14-3-8-18(19-9-10-23-12-20(14)19)15-4-6-17(7-5-15)24-13-16(11-21(24)25)22(26)27-2/h2-14,16,20H,15,17H2,1H3,(H,29,32);3-10,12,16H,11,13H2,1-2H3. The van der Waals surface area contributed by atoms with Gasteiger partial charge in [0.2, 0.25) is 17.7 Å². The number of nitrogens with zero attached hydrogens (tertiary/aromatic N) is 4. The van der Waals surface area contributed by atoms with E-state index in [1.807, 2.05) is 110 Å². The van der Waals surface area contributed by atoms with Gasteiger partial charge < -0.3 is 19.9 Å². The fourth-order valence-electron chi connectivity index (χ4n) is 7.99. The summed E-state index contributed by atoms with van der Waals surface area (Å²) in [6.07, 6.45) is 7.81. The number of hydrogen-bond acceptors (Lipinski definition) is 7. The fraction of sp³-hybridized carbons (Fsp3) is 0.184. The van der Waals surface area contributed by atoms with Gasteiger partial charge in [0.05, 0.1) is 18.9 Å². The molecule has 0 bridgehead atoms. The van der Waals surface area contributed by atoms with E-state index in [1.165, 1.54) is 18.2 Å². The molecule has 294 valence electrons. The Morgan fingerprint density at radius 2 is 1.07 bits per heavy atom.